The van der Waals surface area contributed by atoms with Gasteiger partial charge < -0.3 is 9.55 Å². The number of aromatic nitrogens is 3. The number of imidazole rings is 1. The Morgan fingerprint density at radius 2 is 1.67 bits per heavy atom. The van der Waals surface area contributed by atoms with Crippen molar-refractivity contribution in [2.45, 2.75) is 6.54 Å². The van der Waals surface area contributed by atoms with Gasteiger partial charge in [0.25, 0.3) is 0 Å². The van der Waals surface area contributed by atoms with E-state index in [9.17, 15) is 0 Å². The number of benzene rings is 3. The molecule has 1 N–H and O–H groups in total. The molecule has 0 aliphatic heterocycles. The molecule has 5 aromatic rings. The maximum atomic E-state index is 4.36. The first-order valence-corrected chi connectivity index (χ1v) is 9.04. The van der Waals surface area contributed by atoms with Crippen LogP contribution in [0.5, 0.6) is 0 Å². The maximum absolute atomic E-state index is 4.36. The Hall–Kier alpha value is -3.59. The molecule has 3 nitrogen and oxygen atoms in total. The number of rotatable bonds is 4. The molecule has 0 unspecified atom stereocenters. The minimum absolute atomic E-state index is 0.782. The first-order valence-electron chi connectivity index (χ1n) is 9.04. The molecule has 0 amide bonds. The molecule has 27 heavy (non-hydrogen) atoms. The average Bonchev–Trinajstić information content (AvgIpc) is 3.32. The Balaban J connectivity index is 1.53. The van der Waals surface area contributed by atoms with Crippen LogP contribution >= 0.6 is 0 Å². The van der Waals surface area contributed by atoms with Crippen LogP contribution in [0.3, 0.4) is 0 Å². The van der Waals surface area contributed by atoms with E-state index in [1.54, 1.807) is 0 Å². The highest BCUT2D eigenvalue weighted by Crippen LogP contribution is 2.29. The van der Waals surface area contributed by atoms with Crippen molar-refractivity contribution in [2.75, 3.05) is 0 Å². The number of H-pyrrole nitrogens is 1. The molecular weight excluding hydrogens is 330 g/mol. The smallest absolute Gasteiger partial charge is 0.0954 e. The van der Waals surface area contributed by atoms with Gasteiger partial charge in [-0.3, -0.25) is 0 Å². The van der Waals surface area contributed by atoms with Gasteiger partial charge in [-0.15, -0.1) is 0 Å². The summed E-state index contributed by atoms with van der Waals surface area (Å²) in [5.74, 6) is 0. The van der Waals surface area contributed by atoms with Crippen LogP contribution in [0.25, 0.3) is 27.4 Å². The predicted octanol–water partition coefficient (Wildman–Crippen LogP) is 5.63. The molecule has 0 saturated carbocycles. The lowest BCUT2D eigenvalue weighted by molar-refractivity contribution is 0.787. The van der Waals surface area contributed by atoms with E-state index in [1.165, 1.54) is 16.3 Å². The molecule has 130 valence electrons. The van der Waals surface area contributed by atoms with Crippen LogP contribution in [0, 0.1) is 0 Å². The zero-order valence-corrected chi connectivity index (χ0v) is 14.9. The van der Waals surface area contributed by atoms with E-state index in [4.69, 9.17) is 0 Å². The van der Waals surface area contributed by atoms with Gasteiger partial charge in [-0.2, -0.15) is 0 Å². The average molecular weight is 349 g/mol. The first-order chi connectivity index (χ1) is 13.3. The van der Waals surface area contributed by atoms with Crippen LogP contribution in [0.4, 0.5) is 0 Å². The van der Waals surface area contributed by atoms with Gasteiger partial charge in [0.2, 0.25) is 0 Å². The van der Waals surface area contributed by atoms with Crippen LogP contribution in [-0.4, -0.2) is 14.5 Å². The summed E-state index contributed by atoms with van der Waals surface area (Å²) in [4.78, 5) is 7.87. The van der Waals surface area contributed by atoms with Gasteiger partial charge >= 0.3 is 0 Å². The van der Waals surface area contributed by atoms with Crippen LogP contribution in [0.2, 0.25) is 0 Å². The summed E-state index contributed by atoms with van der Waals surface area (Å²) in [7, 11) is 0. The number of nitrogens with zero attached hydrogens (tertiary/aromatic N) is 2. The third-order valence-electron chi connectivity index (χ3n) is 5.07. The monoisotopic (exact) mass is 349 g/mol. The zero-order chi connectivity index (χ0) is 18.2. The van der Waals surface area contributed by atoms with Crippen molar-refractivity contribution in [2.24, 2.45) is 0 Å². The van der Waals surface area contributed by atoms with Crippen molar-refractivity contribution in [1.82, 2.24) is 14.5 Å². The van der Waals surface area contributed by atoms with E-state index >= 15 is 0 Å². The van der Waals surface area contributed by atoms with Gasteiger partial charge in [0.05, 0.1) is 18.2 Å². The fourth-order valence-electron chi connectivity index (χ4n) is 3.67. The summed E-state index contributed by atoms with van der Waals surface area (Å²) in [5, 5.41) is 2.48. The highest BCUT2D eigenvalue weighted by molar-refractivity contribution is 6.07. The van der Waals surface area contributed by atoms with E-state index in [2.05, 4.69) is 87.8 Å². The summed E-state index contributed by atoms with van der Waals surface area (Å²) >= 11 is 0. The summed E-state index contributed by atoms with van der Waals surface area (Å²) in [6, 6.07) is 25.3. The second-order valence-corrected chi connectivity index (χ2v) is 6.80. The molecule has 3 aromatic carbocycles. The summed E-state index contributed by atoms with van der Waals surface area (Å²) < 4.78 is 2.15. The van der Waals surface area contributed by atoms with E-state index < -0.39 is 0 Å². The molecule has 0 fully saturated rings. The topological polar surface area (TPSA) is 33.6 Å². The lowest BCUT2D eigenvalue weighted by Gasteiger charge is -2.11. The molecule has 5 rings (SSSR count). The predicted molar refractivity (Wildman–Crippen MR) is 112 cm³/mol. The van der Waals surface area contributed by atoms with Gasteiger partial charge in [0.15, 0.2) is 0 Å². The lowest BCUT2D eigenvalue weighted by Crippen LogP contribution is -2.03. The second-order valence-electron chi connectivity index (χ2n) is 6.80. The maximum Gasteiger partial charge on any atom is 0.0954 e. The van der Waals surface area contributed by atoms with Gasteiger partial charge in [0, 0.05) is 28.4 Å². The Bertz CT molecular complexity index is 1260. The molecule has 2 heterocycles. The Morgan fingerprint density at radius 1 is 0.889 bits per heavy atom. The number of fused-ring (bicyclic) bond motifs is 3. The normalized spacial score (nSPS) is 11.3. The quantitative estimate of drug-likeness (QED) is 0.448. The molecular formula is C24H19N3. The molecule has 0 radical (unpaired) electrons. The molecule has 0 spiro atoms. The van der Waals surface area contributed by atoms with Crippen molar-refractivity contribution in [3.05, 3.63) is 109 Å². The van der Waals surface area contributed by atoms with E-state index in [1.807, 2.05) is 18.6 Å². The van der Waals surface area contributed by atoms with Crippen molar-refractivity contribution in [3.63, 3.8) is 0 Å². The van der Waals surface area contributed by atoms with Crippen molar-refractivity contribution in [3.8, 4) is 0 Å². The highest BCUT2D eigenvalue weighted by atomic mass is 15.0. The second kappa shape index (κ2) is 6.29. The Morgan fingerprint density at radius 3 is 2.56 bits per heavy atom. The number of hydrogen-bond acceptors (Lipinski definition) is 1. The fourth-order valence-corrected chi connectivity index (χ4v) is 3.67. The first kappa shape index (κ1) is 15.6. The molecule has 0 atom stereocenters. The summed E-state index contributed by atoms with van der Waals surface area (Å²) in [6.45, 7) is 5.14. The largest absolute Gasteiger partial charge is 0.354 e. The highest BCUT2D eigenvalue weighted by Gasteiger charge is 2.11. The van der Waals surface area contributed by atoms with Gasteiger partial charge in [0.1, 0.15) is 0 Å². The third-order valence-corrected chi connectivity index (χ3v) is 5.07. The molecule has 0 aliphatic carbocycles. The Kier molecular flexibility index (Phi) is 3.65. The minimum atomic E-state index is 0.782. The van der Waals surface area contributed by atoms with Gasteiger partial charge in [-0.05, 0) is 28.8 Å². The van der Waals surface area contributed by atoms with Crippen molar-refractivity contribution in [1.29, 1.82) is 0 Å². The van der Waals surface area contributed by atoms with E-state index in [0.29, 0.717) is 0 Å². The van der Waals surface area contributed by atoms with Gasteiger partial charge in [-0.1, -0.05) is 67.2 Å². The number of nitrogens with one attached hydrogen (secondary N) is 1. The van der Waals surface area contributed by atoms with Crippen LogP contribution in [0.1, 0.15) is 16.8 Å². The molecule has 3 heteroatoms. The third kappa shape index (κ3) is 2.74. The van der Waals surface area contributed by atoms with E-state index in [-0.39, 0.29) is 0 Å². The van der Waals surface area contributed by atoms with Gasteiger partial charge in [-0.25, -0.2) is 4.98 Å². The van der Waals surface area contributed by atoms with Crippen molar-refractivity contribution < 1.29 is 0 Å². The fraction of sp³-hybridized carbons (Fsp3) is 0.0417. The summed E-state index contributed by atoms with van der Waals surface area (Å²) in [6.07, 6.45) is 3.76. The summed E-state index contributed by atoms with van der Waals surface area (Å²) in [5.41, 5.74) is 6.64. The minimum Gasteiger partial charge on any atom is -0.354 e. The Labute approximate surface area is 157 Å². The van der Waals surface area contributed by atoms with Crippen LogP contribution in [0.15, 0.2) is 91.9 Å². The number of aromatic amines is 1. The molecule has 0 aliphatic rings. The standard InChI is InChI=1S/C24H19N3/c1-17(24-14-25-16-27(24)15-18-7-3-2-4-8-18)19-11-12-21-20-9-5-6-10-22(20)26-23(21)13-19/h2-14,16,26H,1,15H2. The molecule has 2 aromatic heterocycles. The number of hydrogen-bond donors (Lipinski definition) is 1. The molecule has 0 bridgehead atoms. The van der Waals surface area contributed by atoms with Crippen LogP contribution < -0.4 is 0 Å². The molecule has 0 saturated heterocycles. The SMILES string of the molecule is C=C(c1ccc2c(c1)[nH]c1ccccc12)c1cncn1Cc1ccccc1. The van der Waals surface area contributed by atoms with Crippen LogP contribution in [-0.2, 0) is 6.54 Å². The number of para-hydroxylation sites is 1. The zero-order valence-electron chi connectivity index (χ0n) is 14.9. The van der Waals surface area contributed by atoms with Crippen molar-refractivity contribution >= 4 is 27.4 Å². The van der Waals surface area contributed by atoms with E-state index in [0.717, 1.165) is 34.4 Å². The lowest BCUT2D eigenvalue weighted by atomic mass is 10.0.